The van der Waals surface area contributed by atoms with Crippen LogP contribution in [0.5, 0.6) is 0 Å². The number of hydrogen-bond donors (Lipinski definition) is 1. The number of rotatable bonds is 2. The molecule has 1 aliphatic rings. The smallest absolute Gasteiger partial charge is 0.0897 e. The van der Waals surface area contributed by atoms with Crippen molar-refractivity contribution in [3.05, 3.63) is 71.8 Å². The van der Waals surface area contributed by atoms with E-state index in [0.29, 0.717) is 5.92 Å². The van der Waals surface area contributed by atoms with E-state index in [1.54, 1.807) is 0 Å². The monoisotopic (exact) mass is 252 g/mol. The molecule has 0 aliphatic heterocycles. The van der Waals surface area contributed by atoms with E-state index >= 15 is 0 Å². The van der Waals surface area contributed by atoms with Gasteiger partial charge in [-0.3, -0.25) is 0 Å². The fourth-order valence-electron chi connectivity index (χ4n) is 3.19. The highest BCUT2D eigenvalue weighted by Crippen LogP contribution is 2.43. The van der Waals surface area contributed by atoms with Gasteiger partial charge in [-0.05, 0) is 42.7 Å². The molecule has 1 N–H and O–H groups in total. The minimum atomic E-state index is -0.619. The van der Waals surface area contributed by atoms with Crippen molar-refractivity contribution in [2.45, 2.75) is 37.2 Å². The van der Waals surface area contributed by atoms with Crippen molar-refractivity contribution in [2.24, 2.45) is 0 Å². The van der Waals surface area contributed by atoms with Gasteiger partial charge in [0.2, 0.25) is 0 Å². The Kier molecular flexibility index (Phi) is 3.39. The molecule has 1 aliphatic carbocycles. The lowest BCUT2D eigenvalue weighted by atomic mass is 9.73. The third-order valence-electron chi connectivity index (χ3n) is 4.39. The Balaban J connectivity index is 1.73. The molecule has 0 bridgehead atoms. The second-order valence-corrected chi connectivity index (χ2v) is 5.58. The Morgan fingerprint density at radius 2 is 1.32 bits per heavy atom. The van der Waals surface area contributed by atoms with Crippen LogP contribution in [0.3, 0.4) is 0 Å². The van der Waals surface area contributed by atoms with Gasteiger partial charge in [0.15, 0.2) is 0 Å². The van der Waals surface area contributed by atoms with Crippen molar-refractivity contribution in [2.75, 3.05) is 0 Å². The molecular formula is C18H20O. The van der Waals surface area contributed by atoms with Gasteiger partial charge in [0.25, 0.3) is 0 Å². The van der Waals surface area contributed by atoms with Gasteiger partial charge in [-0.2, -0.15) is 0 Å². The van der Waals surface area contributed by atoms with Crippen molar-refractivity contribution >= 4 is 0 Å². The molecule has 1 saturated carbocycles. The molecule has 0 aromatic heterocycles. The Hall–Kier alpha value is -1.60. The molecule has 0 atom stereocenters. The zero-order valence-corrected chi connectivity index (χ0v) is 11.1. The van der Waals surface area contributed by atoms with Crippen LogP contribution in [0.4, 0.5) is 0 Å². The van der Waals surface area contributed by atoms with Gasteiger partial charge < -0.3 is 5.11 Å². The highest BCUT2D eigenvalue weighted by molar-refractivity contribution is 5.25. The van der Waals surface area contributed by atoms with Crippen LogP contribution in [0.15, 0.2) is 60.7 Å². The molecule has 1 nitrogen and oxygen atoms in total. The number of hydrogen-bond acceptors (Lipinski definition) is 1. The molecule has 0 unspecified atom stereocenters. The zero-order chi connectivity index (χ0) is 13.1. The molecule has 3 rings (SSSR count). The molecule has 0 heterocycles. The summed E-state index contributed by atoms with van der Waals surface area (Å²) in [5.74, 6) is 0.602. The first-order valence-electron chi connectivity index (χ1n) is 7.11. The quantitative estimate of drug-likeness (QED) is 0.848. The van der Waals surface area contributed by atoms with E-state index in [9.17, 15) is 5.11 Å². The van der Waals surface area contributed by atoms with Crippen LogP contribution in [0.25, 0.3) is 0 Å². The molecule has 0 saturated heterocycles. The van der Waals surface area contributed by atoms with Crippen LogP contribution in [-0.2, 0) is 5.60 Å². The molecule has 2 aromatic rings. The van der Waals surface area contributed by atoms with E-state index in [4.69, 9.17) is 0 Å². The van der Waals surface area contributed by atoms with Crippen molar-refractivity contribution in [3.8, 4) is 0 Å². The van der Waals surface area contributed by atoms with Gasteiger partial charge >= 0.3 is 0 Å². The standard InChI is InChI=1S/C18H20O/c19-18(17-9-5-2-6-10-17)13-11-16(12-14-18)15-7-3-1-4-8-15/h1-10,16,19H,11-14H2. The molecule has 0 spiro atoms. The van der Waals surface area contributed by atoms with E-state index in [1.807, 2.05) is 30.3 Å². The summed E-state index contributed by atoms with van der Waals surface area (Å²) in [7, 11) is 0. The highest BCUT2D eigenvalue weighted by atomic mass is 16.3. The van der Waals surface area contributed by atoms with E-state index in [1.165, 1.54) is 5.56 Å². The Labute approximate surface area is 114 Å². The van der Waals surface area contributed by atoms with Crippen molar-refractivity contribution in [1.29, 1.82) is 0 Å². The van der Waals surface area contributed by atoms with Gasteiger partial charge in [0.1, 0.15) is 0 Å². The Morgan fingerprint density at radius 1 is 0.789 bits per heavy atom. The van der Waals surface area contributed by atoms with Gasteiger partial charge in [0, 0.05) is 0 Å². The van der Waals surface area contributed by atoms with Gasteiger partial charge in [-0.15, -0.1) is 0 Å². The zero-order valence-electron chi connectivity index (χ0n) is 11.1. The highest BCUT2D eigenvalue weighted by Gasteiger charge is 2.34. The van der Waals surface area contributed by atoms with Gasteiger partial charge in [-0.1, -0.05) is 60.7 Å². The van der Waals surface area contributed by atoms with Crippen LogP contribution in [0.1, 0.15) is 42.7 Å². The molecule has 2 aromatic carbocycles. The first-order chi connectivity index (χ1) is 9.28. The molecule has 0 radical (unpaired) electrons. The van der Waals surface area contributed by atoms with Crippen molar-refractivity contribution < 1.29 is 5.11 Å². The predicted molar refractivity (Wildman–Crippen MR) is 78.0 cm³/mol. The summed E-state index contributed by atoms with van der Waals surface area (Å²) in [5, 5.41) is 10.8. The fraction of sp³-hybridized carbons (Fsp3) is 0.333. The maximum atomic E-state index is 10.8. The molecule has 0 amide bonds. The largest absolute Gasteiger partial charge is 0.385 e. The fourth-order valence-corrected chi connectivity index (χ4v) is 3.19. The lowest BCUT2D eigenvalue weighted by molar-refractivity contribution is -0.00566. The summed E-state index contributed by atoms with van der Waals surface area (Å²) < 4.78 is 0. The summed E-state index contributed by atoms with van der Waals surface area (Å²) >= 11 is 0. The SMILES string of the molecule is OC1(c2ccccc2)CCC(c2ccccc2)CC1. The topological polar surface area (TPSA) is 20.2 Å². The first kappa shape index (κ1) is 12.4. The lowest BCUT2D eigenvalue weighted by Crippen LogP contribution is -2.30. The molecule has 1 fully saturated rings. The van der Waals surface area contributed by atoms with E-state index in [-0.39, 0.29) is 0 Å². The first-order valence-corrected chi connectivity index (χ1v) is 7.11. The molecular weight excluding hydrogens is 232 g/mol. The Morgan fingerprint density at radius 3 is 1.89 bits per heavy atom. The molecule has 19 heavy (non-hydrogen) atoms. The average molecular weight is 252 g/mol. The predicted octanol–water partition coefficient (Wildman–Crippen LogP) is 4.23. The average Bonchev–Trinajstić information content (AvgIpc) is 2.50. The maximum Gasteiger partial charge on any atom is 0.0897 e. The van der Waals surface area contributed by atoms with Gasteiger partial charge in [0.05, 0.1) is 5.60 Å². The van der Waals surface area contributed by atoms with E-state index < -0.39 is 5.60 Å². The normalized spacial score (nSPS) is 27.1. The van der Waals surface area contributed by atoms with Crippen LogP contribution in [0, 0.1) is 0 Å². The third-order valence-corrected chi connectivity index (χ3v) is 4.39. The Bertz CT molecular complexity index is 510. The van der Waals surface area contributed by atoms with E-state index in [2.05, 4.69) is 30.3 Å². The minimum Gasteiger partial charge on any atom is -0.385 e. The second-order valence-electron chi connectivity index (χ2n) is 5.58. The number of benzene rings is 2. The summed E-state index contributed by atoms with van der Waals surface area (Å²) in [5.41, 5.74) is 1.87. The lowest BCUT2D eigenvalue weighted by Gasteiger charge is -2.36. The van der Waals surface area contributed by atoms with Crippen LogP contribution < -0.4 is 0 Å². The summed E-state index contributed by atoms with van der Waals surface area (Å²) in [4.78, 5) is 0. The third kappa shape index (κ3) is 2.57. The summed E-state index contributed by atoms with van der Waals surface area (Å²) in [6.07, 6.45) is 3.85. The minimum absolute atomic E-state index is 0.602. The summed E-state index contributed by atoms with van der Waals surface area (Å²) in [6.45, 7) is 0. The van der Waals surface area contributed by atoms with Crippen LogP contribution in [-0.4, -0.2) is 5.11 Å². The number of aliphatic hydroxyl groups is 1. The van der Waals surface area contributed by atoms with Crippen LogP contribution >= 0.6 is 0 Å². The van der Waals surface area contributed by atoms with Crippen molar-refractivity contribution in [1.82, 2.24) is 0 Å². The maximum absolute atomic E-state index is 10.8. The molecule has 1 heteroatoms. The van der Waals surface area contributed by atoms with E-state index in [0.717, 1.165) is 31.2 Å². The van der Waals surface area contributed by atoms with Gasteiger partial charge in [-0.25, -0.2) is 0 Å². The second kappa shape index (κ2) is 5.18. The van der Waals surface area contributed by atoms with Crippen LogP contribution in [0.2, 0.25) is 0 Å². The molecule has 98 valence electrons. The van der Waals surface area contributed by atoms with Crippen molar-refractivity contribution in [3.63, 3.8) is 0 Å². The summed E-state index contributed by atoms with van der Waals surface area (Å²) in [6, 6.07) is 20.8.